The average molecular weight is 269 g/mol. The molecule has 0 bridgehead atoms. The molecule has 18 heavy (non-hydrogen) atoms. The van der Waals surface area contributed by atoms with Gasteiger partial charge in [-0.1, -0.05) is 13.0 Å². The van der Waals surface area contributed by atoms with Crippen molar-refractivity contribution in [3.05, 3.63) is 23.8 Å². The number of rotatable bonds is 9. The van der Waals surface area contributed by atoms with Gasteiger partial charge in [-0.15, -0.1) is 0 Å². The molecule has 1 rings (SSSR count). The fourth-order valence-electron chi connectivity index (χ4n) is 1.62. The van der Waals surface area contributed by atoms with Gasteiger partial charge in [0, 0.05) is 5.75 Å². The van der Waals surface area contributed by atoms with Gasteiger partial charge in [-0.3, -0.25) is 0 Å². The van der Waals surface area contributed by atoms with Crippen LogP contribution in [-0.2, 0) is 6.42 Å². The van der Waals surface area contributed by atoms with E-state index < -0.39 is 0 Å². The van der Waals surface area contributed by atoms with Gasteiger partial charge in [-0.2, -0.15) is 11.8 Å². The van der Waals surface area contributed by atoms with E-state index in [9.17, 15) is 0 Å². The molecule has 3 nitrogen and oxygen atoms in total. The van der Waals surface area contributed by atoms with Crippen LogP contribution in [0.25, 0.3) is 0 Å². The van der Waals surface area contributed by atoms with E-state index >= 15 is 0 Å². The zero-order valence-electron chi connectivity index (χ0n) is 11.3. The Morgan fingerprint density at radius 3 is 2.67 bits per heavy atom. The van der Waals surface area contributed by atoms with Crippen molar-refractivity contribution in [2.45, 2.75) is 20.3 Å². The first-order valence-electron chi connectivity index (χ1n) is 6.48. The number of nitrogens with two attached hydrogens (primary N) is 1. The fraction of sp³-hybridized carbons (Fsp3) is 0.571. The summed E-state index contributed by atoms with van der Waals surface area (Å²) in [5.74, 6) is 3.78. The van der Waals surface area contributed by atoms with Crippen LogP contribution in [-0.4, -0.2) is 31.3 Å². The third kappa shape index (κ3) is 5.19. The smallest absolute Gasteiger partial charge is 0.161 e. The maximum absolute atomic E-state index is 5.75. The molecule has 0 aliphatic rings. The molecule has 0 spiro atoms. The van der Waals surface area contributed by atoms with Gasteiger partial charge in [0.15, 0.2) is 11.5 Å². The molecule has 0 aliphatic carbocycles. The highest BCUT2D eigenvalue weighted by Crippen LogP contribution is 2.28. The molecule has 0 saturated carbocycles. The van der Waals surface area contributed by atoms with Crippen LogP contribution in [0, 0.1) is 0 Å². The number of benzene rings is 1. The molecule has 0 fully saturated rings. The zero-order valence-corrected chi connectivity index (χ0v) is 12.1. The minimum absolute atomic E-state index is 0.645. The first-order chi connectivity index (χ1) is 8.81. The highest BCUT2D eigenvalue weighted by Gasteiger charge is 2.06. The van der Waals surface area contributed by atoms with Gasteiger partial charge in [-0.05, 0) is 43.3 Å². The molecule has 0 atom stereocenters. The fourth-order valence-corrected chi connectivity index (χ4v) is 2.11. The van der Waals surface area contributed by atoms with Crippen LogP contribution in [0.4, 0.5) is 0 Å². The summed E-state index contributed by atoms with van der Waals surface area (Å²) < 4.78 is 11.4. The van der Waals surface area contributed by atoms with E-state index in [0.29, 0.717) is 13.2 Å². The highest BCUT2D eigenvalue weighted by atomic mass is 32.2. The summed E-state index contributed by atoms with van der Waals surface area (Å²) >= 11 is 1.88. The van der Waals surface area contributed by atoms with Crippen LogP contribution in [0.2, 0.25) is 0 Å². The van der Waals surface area contributed by atoms with Gasteiger partial charge in [0.05, 0.1) is 13.2 Å². The Morgan fingerprint density at radius 1 is 1.17 bits per heavy atom. The van der Waals surface area contributed by atoms with Crippen molar-refractivity contribution in [2.75, 3.05) is 31.3 Å². The minimum atomic E-state index is 0.645. The Balaban J connectivity index is 2.63. The van der Waals surface area contributed by atoms with Gasteiger partial charge in [0.1, 0.15) is 0 Å². The number of thioether (sulfide) groups is 1. The summed E-state index contributed by atoms with van der Waals surface area (Å²) in [4.78, 5) is 0. The largest absolute Gasteiger partial charge is 0.490 e. The van der Waals surface area contributed by atoms with E-state index in [1.807, 2.05) is 30.8 Å². The number of hydrogen-bond acceptors (Lipinski definition) is 4. The third-order valence-corrected chi connectivity index (χ3v) is 3.29. The quantitative estimate of drug-likeness (QED) is 0.700. The predicted octanol–water partition coefficient (Wildman–Crippen LogP) is 2.72. The van der Waals surface area contributed by atoms with Crippen molar-refractivity contribution in [1.82, 2.24) is 0 Å². The third-order valence-electron chi connectivity index (χ3n) is 2.43. The Hall–Kier alpha value is -0.870. The molecule has 0 unspecified atom stereocenters. The van der Waals surface area contributed by atoms with Crippen molar-refractivity contribution in [3.63, 3.8) is 0 Å². The molecule has 1 aromatic rings. The predicted molar refractivity (Wildman–Crippen MR) is 78.9 cm³/mol. The van der Waals surface area contributed by atoms with Crippen LogP contribution < -0.4 is 15.2 Å². The average Bonchev–Trinajstić information content (AvgIpc) is 2.37. The van der Waals surface area contributed by atoms with Crippen molar-refractivity contribution >= 4 is 11.8 Å². The second-order valence-corrected chi connectivity index (χ2v) is 5.19. The summed E-state index contributed by atoms with van der Waals surface area (Å²) in [7, 11) is 0. The molecule has 0 amide bonds. The SMILES string of the molecule is CCOc1cc(CCN)ccc1OCCSCC. The van der Waals surface area contributed by atoms with E-state index in [1.165, 1.54) is 5.56 Å². The monoisotopic (exact) mass is 269 g/mol. The van der Waals surface area contributed by atoms with Crippen LogP contribution >= 0.6 is 11.8 Å². The summed E-state index contributed by atoms with van der Waals surface area (Å²) in [5.41, 5.74) is 6.75. The van der Waals surface area contributed by atoms with Gasteiger partial charge in [0.2, 0.25) is 0 Å². The van der Waals surface area contributed by atoms with E-state index in [-0.39, 0.29) is 0 Å². The molecular weight excluding hydrogens is 246 g/mol. The van der Waals surface area contributed by atoms with Crippen molar-refractivity contribution < 1.29 is 9.47 Å². The van der Waals surface area contributed by atoms with Crippen LogP contribution in [0.1, 0.15) is 19.4 Å². The lowest BCUT2D eigenvalue weighted by atomic mass is 10.1. The molecule has 0 radical (unpaired) electrons. The Kier molecular flexibility index (Phi) is 7.69. The van der Waals surface area contributed by atoms with E-state index in [4.69, 9.17) is 15.2 Å². The van der Waals surface area contributed by atoms with Gasteiger partial charge < -0.3 is 15.2 Å². The van der Waals surface area contributed by atoms with Gasteiger partial charge in [-0.25, -0.2) is 0 Å². The lowest BCUT2D eigenvalue weighted by molar-refractivity contribution is 0.289. The Bertz CT molecular complexity index is 345. The topological polar surface area (TPSA) is 44.5 Å². The first-order valence-corrected chi connectivity index (χ1v) is 7.63. The van der Waals surface area contributed by atoms with Gasteiger partial charge >= 0.3 is 0 Å². The molecular formula is C14H23NO2S. The zero-order chi connectivity index (χ0) is 13.2. The highest BCUT2D eigenvalue weighted by molar-refractivity contribution is 7.99. The number of hydrogen-bond donors (Lipinski definition) is 1. The normalized spacial score (nSPS) is 10.4. The second kappa shape index (κ2) is 9.11. The van der Waals surface area contributed by atoms with Crippen molar-refractivity contribution in [1.29, 1.82) is 0 Å². The van der Waals surface area contributed by atoms with E-state index in [2.05, 4.69) is 13.0 Å². The molecule has 0 saturated heterocycles. The maximum Gasteiger partial charge on any atom is 0.161 e. The first kappa shape index (κ1) is 15.2. The molecule has 0 heterocycles. The molecule has 1 aromatic carbocycles. The van der Waals surface area contributed by atoms with Crippen LogP contribution in [0.5, 0.6) is 11.5 Å². The summed E-state index contributed by atoms with van der Waals surface area (Å²) in [6.45, 7) is 6.14. The molecule has 0 aromatic heterocycles. The minimum Gasteiger partial charge on any atom is -0.490 e. The van der Waals surface area contributed by atoms with Crippen LogP contribution in [0.3, 0.4) is 0 Å². The maximum atomic E-state index is 5.75. The standard InChI is InChI=1S/C14H23NO2S/c1-3-16-14-11-12(7-8-15)5-6-13(14)17-9-10-18-4-2/h5-6,11H,3-4,7-10,15H2,1-2H3. The molecule has 4 heteroatoms. The molecule has 2 N–H and O–H groups in total. The molecule has 102 valence electrons. The van der Waals surface area contributed by atoms with Crippen molar-refractivity contribution in [3.8, 4) is 11.5 Å². The Labute approximate surface area is 114 Å². The lowest BCUT2D eigenvalue weighted by Crippen LogP contribution is -2.05. The summed E-state index contributed by atoms with van der Waals surface area (Å²) in [6, 6.07) is 6.06. The Morgan fingerprint density at radius 2 is 2.00 bits per heavy atom. The summed E-state index contributed by atoms with van der Waals surface area (Å²) in [5, 5.41) is 0. The van der Waals surface area contributed by atoms with Crippen LogP contribution in [0.15, 0.2) is 18.2 Å². The van der Waals surface area contributed by atoms with Crippen molar-refractivity contribution in [2.24, 2.45) is 5.73 Å². The van der Waals surface area contributed by atoms with Gasteiger partial charge in [0.25, 0.3) is 0 Å². The summed E-state index contributed by atoms with van der Waals surface area (Å²) in [6.07, 6.45) is 0.867. The van der Waals surface area contributed by atoms with E-state index in [0.717, 1.165) is 36.0 Å². The lowest BCUT2D eigenvalue weighted by Gasteiger charge is -2.13. The molecule has 0 aliphatic heterocycles. The number of ether oxygens (including phenoxy) is 2. The van der Waals surface area contributed by atoms with E-state index in [1.54, 1.807) is 0 Å². The second-order valence-electron chi connectivity index (χ2n) is 3.80.